The number of carbonyl (C=O) groups is 1. The highest BCUT2D eigenvalue weighted by atomic mass is 16.7. The summed E-state index contributed by atoms with van der Waals surface area (Å²) >= 11 is 0. The van der Waals surface area contributed by atoms with Gasteiger partial charge in [0.25, 0.3) is 5.91 Å². The van der Waals surface area contributed by atoms with Crippen LogP contribution in [0, 0.1) is 0 Å². The number of nitrogens with one attached hydrogen (secondary N) is 2. The lowest BCUT2D eigenvalue weighted by Gasteiger charge is -2.06. The van der Waals surface area contributed by atoms with Crippen LogP contribution in [0.2, 0.25) is 0 Å². The molecule has 3 rings (SSSR count). The van der Waals surface area contributed by atoms with Crippen molar-refractivity contribution in [1.29, 1.82) is 0 Å². The van der Waals surface area contributed by atoms with Gasteiger partial charge in [0.2, 0.25) is 6.79 Å². The molecule has 2 aromatic carbocycles. The highest BCUT2D eigenvalue weighted by Crippen LogP contribution is 2.31. The molecule has 0 fully saturated rings. The molecule has 6 nitrogen and oxygen atoms in total. The van der Waals surface area contributed by atoms with Gasteiger partial charge in [0.05, 0.1) is 11.8 Å². The number of hydrogen-bond acceptors (Lipinski definition) is 5. The standard InChI is InChI=1S/C16H15N3O3/c1-17-13-5-3-2-4-12(13)16(20)19-18-9-11-6-7-14-15(8-11)22-10-21-14/h2-9,17H,10H2,1H3,(H,19,20). The van der Waals surface area contributed by atoms with Crippen molar-refractivity contribution in [3.63, 3.8) is 0 Å². The molecule has 2 N–H and O–H groups in total. The van der Waals surface area contributed by atoms with Crippen LogP contribution < -0.4 is 20.2 Å². The number of amides is 1. The molecule has 0 unspecified atom stereocenters. The lowest BCUT2D eigenvalue weighted by molar-refractivity contribution is 0.0956. The molecule has 1 amide bonds. The van der Waals surface area contributed by atoms with Crippen LogP contribution in [0.15, 0.2) is 47.6 Å². The molecule has 1 heterocycles. The number of carbonyl (C=O) groups excluding carboxylic acids is 1. The Hall–Kier alpha value is -3.02. The van der Waals surface area contributed by atoms with E-state index in [2.05, 4.69) is 15.8 Å². The van der Waals surface area contributed by atoms with Crippen molar-refractivity contribution in [2.75, 3.05) is 19.2 Å². The molecular formula is C16H15N3O3. The number of para-hydroxylation sites is 1. The summed E-state index contributed by atoms with van der Waals surface area (Å²) in [4.78, 5) is 12.1. The van der Waals surface area contributed by atoms with Gasteiger partial charge in [-0.1, -0.05) is 12.1 Å². The highest BCUT2D eigenvalue weighted by Gasteiger charge is 2.12. The molecule has 0 aromatic heterocycles. The van der Waals surface area contributed by atoms with Crippen LogP contribution in [0.4, 0.5) is 5.69 Å². The van der Waals surface area contributed by atoms with Crippen LogP contribution in [0.5, 0.6) is 11.5 Å². The molecule has 0 spiro atoms. The topological polar surface area (TPSA) is 72.0 Å². The monoisotopic (exact) mass is 297 g/mol. The first-order chi connectivity index (χ1) is 10.8. The molecule has 0 bridgehead atoms. The summed E-state index contributed by atoms with van der Waals surface area (Å²) in [6.45, 7) is 0.230. The first-order valence-corrected chi connectivity index (χ1v) is 6.78. The minimum atomic E-state index is -0.276. The number of fused-ring (bicyclic) bond motifs is 1. The molecule has 6 heteroatoms. The van der Waals surface area contributed by atoms with E-state index < -0.39 is 0 Å². The fraction of sp³-hybridized carbons (Fsp3) is 0.125. The van der Waals surface area contributed by atoms with Crippen LogP contribution in [-0.4, -0.2) is 26.0 Å². The fourth-order valence-electron chi connectivity index (χ4n) is 2.12. The summed E-state index contributed by atoms with van der Waals surface area (Å²) in [6, 6.07) is 12.7. The zero-order valence-corrected chi connectivity index (χ0v) is 12.0. The van der Waals surface area contributed by atoms with Crippen LogP contribution in [0.3, 0.4) is 0 Å². The van der Waals surface area contributed by atoms with Crippen molar-refractivity contribution < 1.29 is 14.3 Å². The fourth-order valence-corrected chi connectivity index (χ4v) is 2.12. The van der Waals surface area contributed by atoms with E-state index in [1.165, 1.54) is 0 Å². The third-order valence-electron chi connectivity index (χ3n) is 3.22. The minimum absolute atomic E-state index is 0.230. The molecule has 1 aliphatic heterocycles. The third-order valence-corrected chi connectivity index (χ3v) is 3.22. The molecule has 0 saturated carbocycles. The molecule has 0 atom stereocenters. The van der Waals surface area contributed by atoms with E-state index in [1.807, 2.05) is 24.3 Å². The number of anilines is 1. The second-order valence-electron chi connectivity index (χ2n) is 4.61. The Morgan fingerprint density at radius 3 is 2.86 bits per heavy atom. The van der Waals surface area contributed by atoms with Gasteiger partial charge >= 0.3 is 0 Å². The van der Waals surface area contributed by atoms with Crippen molar-refractivity contribution in [2.45, 2.75) is 0 Å². The van der Waals surface area contributed by atoms with E-state index in [-0.39, 0.29) is 12.7 Å². The first kappa shape index (κ1) is 13.9. The second-order valence-corrected chi connectivity index (χ2v) is 4.61. The Kier molecular flexibility index (Phi) is 3.91. The molecule has 2 aromatic rings. The molecular weight excluding hydrogens is 282 g/mol. The Morgan fingerprint density at radius 2 is 2.00 bits per heavy atom. The van der Waals surface area contributed by atoms with Crippen molar-refractivity contribution in [3.8, 4) is 11.5 Å². The van der Waals surface area contributed by atoms with Gasteiger partial charge in [-0.25, -0.2) is 5.43 Å². The normalized spacial score (nSPS) is 12.4. The number of hydrogen-bond donors (Lipinski definition) is 2. The van der Waals surface area contributed by atoms with Gasteiger partial charge in [0.1, 0.15) is 0 Å². The molecule has 0 aliphatic carbocycles. The van der Waals surface area contributed by atoms with Crippen molar-refractivity contribution in [1.82, 2.24) is 5.43 Å². The predicted octanol–water partition coefficient (Wildman–Crippen LogP) is 2.22. The lowest BCUT2D eigenvalue weighted by atomic mass is 10.1. The first-order valence-electron chi connectivity index (χ1n) is 6.78. The summed E-state index contributed by atoms with van der Waals surface area (Å²) in [7, 11) is 1.77. The van der Waals surface area contributed by atoms with Gasteiger partial charge in [0, 0.05) is 12.7 Å². The van der Waals surface area contributed by atoms with Crippen molar-refractivity contribution >= 4 is 17.8 Å². The number of hydrazone groups is 1. The van der Waals surface area contributed by atoms with Crippen LogP contribution in [0.25, 0.3) is 0 Å². The van der Waals surface area contributed by atoms with E-state index in [0.717, 1.165) is 11.3 Å². The summed E-state index contributed by atoms with van der Waals surface area (Å²) in [5.41, 5.74) is 4.60. The van der Waals surface area contributed by atoms with Gasteiger partial charge in [-0.2, -0.15) is 5.10 Å². The number of rotatable bonds is 4. The van der Waals surface area contributed by atoms with E-state index in [4.69, 9.17) is 9.47 Å². The minimum Gasteiger partial charge on any atom is -0.454 e. The third kappa shape index (κ3) is 2.85. The Bertz CT molecular complexity index is 728. The van der Waals surface area contributed by atoms with Gasteiger partial charge in [-0.3, -0.25) is 4.79 Å². The molecule has 1 aliphatic rings. The van der Waals surface area contributed by atoms with Crippen LogP contribution in [-0.2, 0) is 0 Å². The average Bonchev–Trinajstić information content (AvgIpc) is 3.02. The molecule has 0 saturated heterocycles. The summed E-state index contributed by atoms with van der Waals surface area (Å²) in [5, 5.41) is 6.94. The Labute approximate surface area is 127 Å². The maximum atomic E-state index is 12.1. The van der Waals surface area contributed by atoms with Crippen molar-refractivity contribution in [3.05, 3.63) is 53.6 Å². The predicted molar refractivity (Wildman–Crippen MR) is 83.6 cm³/mol. The summed E-state index contributed by atoms with van der Waals surface area (Å²) in [6.07, 6.45) is 1.56. The van der Waals surface area contributed by atoms with Gasteiger partial charge in [-0.15, -0.1) is 0 Å². The highest BCUT2D eigenvalue weighted by molar-refractivity contribution is 5.99. The zero-order chi connectivity index (χ0) is 15.4. The van der Waals surface area contributed by atoms with Crippen LogP contribution in [0.1, 0.15) is 15.9 Å². The maximum Gasteiger partial charge on any atom is 0.273 e. The summed E-state index contributed by atoms with van der Waals surface area (Å²) < 4.78 is 10.5. The SMILES string of the molecule is CNc1ccccc1C(=O)NN=Cc1ccc2c(c1)OCO2. The Balaban J connectivity index is 1.68. The molecule has 22 heavy (non-hydrogen) atoms. The zero-order valence-electron chi connectivity index (χ0n) is 12.0. The number of ether oxygens (including phenoxy) is 2. The molecule has 0 radical (unpaired) electrons. The summed E-state index contributed by atoms with van der Waals surface area (Å²) in [5.74, 6) is 1.11. The second kappa shape index (κ2) is 6.17. The number of nitrogens with zero attached hydrogens (tertiary/aromatic N) is 1. The van der Waals surface area contributed by atoms with E-state index in [1.54, 1.807) is 31.5 Å². The molecule has 112 valence electrons. The largest absolute Gasteiger partial charge is 0.454 e. The van der Waals surface area contributed by atoms with Crippen molar-refractivity contribution in [2.24, 2.45) is 5.10 Å². The van der Waals surface area contributed by atoms with Gasteiger partial charge in [0.15, 0.2) is 11.5 Å². The van der Waals surface area contributed by atoms with E-state index >= 15 is 0 Å². The van der Waals surface area contributed by atoms with E-state index in [9.17, 15) is 4.79 Å². The van der Waals surface area contributed by atoms with Crippen LogP contribution >= 0.6 is 0 Å². The maximum absolute atomic E-state index is 12.1. The average molecular weight is 297 g/mol. The van der Waals surface area contributed by atoms with E-state index in [0.29, 0.717) is 17.1 Å². The smallest absolute Gasteiger partial charge is 0.273 e. The number of benzene rings is 2. The Morgan fingerprint density at radius 1 is 1.18 bits per heavy atom. The van der Waals surface area contributed by atoms with Gasteiger partial charge < -0.3 is 14.8 Å². The lowest BCUT2D eigenvalue weighted by Crippen LogP contribution is -2.18. The quantitative estimate of drug-likeness (QED) is 0.670. The van der Waals surface area contributed by atoms with Gasteiger partial charge in [-0.05, 0) is 35.9 Å².